The van der Waals surface area contributed by atoms with E-state index in [1.807, 2.05) is 24.9 Å². The van der Waals surface area contributed by atoms with E-state index in [1.165, 1.54) is 7.11 Å². The van der Waals surface area contributed by atoms with Gasteiger partial charge in [-0.1, -0.05) is 12.1 Å². The monoisotopic (exact) mass is 252 g/mol. The normalized spacial score (nSPS) is 12.5. The number of likely N-dealkylation sites (N-methyl/N-ethyl adjacent to an activating group) is 1. The number of nitrogen functional groups attached to an aromatic ring is 1. The molecule has 18 heavy (non-hydrogen) atoms. The van der Waals surface area contributed by atoms with Gasteiger partial charge < -0.3 is 15.6 Å². The van der Waals surface area contributed by atoms with Crippen LogP contribution in [0.2, 0.25) is 0 Å². The Balaban J connectivity index is 3.02. The zero-order valence-corrected chi connectivity index (χ0v) is 11.0. The van der Waals surface area contributed by atoms with E-state index in [-0.39, 0.29) is 12.6 Å². The number of rotatable bonds is 5. The highest BCUT2D eigenvalue weighted by Crippen LogP contribution is 2.20. The first kappa shape index (κ1) is 14.5. The Hall–Kier alpha value is -1.59. The smallest absolute Gasteiger partial charge is 0.340 e. The van der Waals surface area contributed by atoms with Gasteiger partial charge in [0.1, 0.15) is 0 Å². The maximum Gasteiger partial charge on any atom is 0.340 e. The zero-order chi connectivity index (χ0) is 13.7. The van der Waals surface area contributed by atoms with Gasteiger partial charge in [0.2, 0.25) is 0 Å². The van der Waals surface area contributed by atoms with Gasteiger partial charge in [0.15, 0.2) is 0 Å². The molecule has 0 saturated heterocycles. The van der Waals surface area contributed by atoms with E-state index >= 15 is 0 Å². The molecule has 0 aromatic heterocycles. The Labute approximate surface area is 107 Å². The molecule has 0 fully saturated rings. The molecule has 0 saturated carbocycles. The second-order valence-electron chi connectivity index (χ2n) is 4.32. The van der Waals surface area contributed by atoms with Gasteiger partial charge in [-0.2, -0.15) is 0 Å². The minimum absolute atomic E-state index is 0.0110. The van der Waals surface area contributed by atoms with E-state index in [0.29, 0.717) is 17.8 Å². The van der Waals surface area contributed by atoms with Gasteiger partial charge in [0.25, 0.3) is 0 Å². The number of nitrogens with zero attached hydrogens (tertiary/aromatic N) is 1. The fraction of sp³-hybridized carbons (Fsp3) is 0.462. The summed E-state index contributed by atoms with van der Waals surface area (Å²) in [6.45, 7) is 2.49. The summed E-state index contributed by atoms with van der Waals surface area (Å²) in [5, 5.41) is 9.10. The first-order chi connectivity index (χ1) is 8.51. The topological polar surface area (TPSA) is 75.8 Å². The Morgan fingerprint density at radius 3 is 2.78 bits per heavy atom. The molecule has 0 spiro atoms. The number of nitrogens with two attached hydrogens (primary N) is 1. The average Bonchev–Trinajstić information content (AvgIpc) is 2.37. The third-order valence-corrected chi connectivity index (χ3v) is 3.01. The van der Waals surface area contributed by atoms with Crippen molar-refractivity contribution in [3.63, 3.8) is 0 Å². The van der Waals surface area contributed by atoms with Crippen LogP contribution in [0.4, 0.5) is 5.69 Å². The van der Waals surface area contributed by atoms with Gasteiger partial charge in [-0.05, 0) is 25.6 Å². The summed E-state index contributed by atoms with van der Waals surface area (Å²) in [4.78, 5) is 13.7. The van der Waals surface area contributed by atoms with Gasteiger partial charge in [0, 0.05) is 18.3 Å². The molecule has 5 nitrogen and oxygen atoms in total. The lowest BCUT2D eigenvalue weighted by molar-refractivity contribution is 0.0599. The van der Waals surface area contributed by atoms with Crippen LogP contribution in [-0.2, 0) is 11.3 Å². The number of aliphatic hydroxyl groups is 1. The van der Waals surface area contributed by atoms with Crippen LogP contribution < -0.4 is 5.73 Å². The van der Waals surface area contributed by atoms with Gasteiger partial charge in [0.05, 0.1) is 19.3 Å². The van der Waals surface area contributed by atoms with Crippen LogP contribution in [0.15, 0.2) is 18.2 Å². The van der Waals surface area contributed by atoms with Crippen molar-refractivity contribution < 1.29 is 14.6 Å². The minimum Gasteiger partial charge on any atom is -0.465 e. The van der Waals surface area contributed by atoms with Crippen LogP contribution in [-0.4, -0.2) is 42.8 Å². The molecule has 0 aliphatic carbocycles. The SMILES string of the molecule is COC(=O)c1c(N)cccc1CN(C)C(C)CO. The number of carbonyl (C=O) groups is 1. The third kappa shape index (κ3) is 3.21. The van der Waals surface area contributed by atoms with Crippen LogP contribution in [0, 0.1) is 0 Å². The average molecular weight is 252 g/mol. The van der Waals surface area contributed by atoms with Crippen molar-refractivity contribution in [2.45, 2.75) is 19.5 Å². The van der Waals surface area contributed by atoms with E-state index in [0.717, 1.165) is 5.56 Å². The van der Waals surface area contributed by atoms with Crippen molar-refractivity contribution >= 4 is 11.7 Å². The molecule has 1 atom stereocenters. The Morgan fingerprint density at radius 1 is 1.56 bits per heavy atom. The van der Waals surface area contributed by atoms with Crippen LogP contribution in [0.25, 0.3) is 0 Å². The highest BCUT2D eigenvalue weighted by Gasteiger charge is 2.17. The molecule has 1 unspecified atom stereocenters. The first-order valence-electron chi connectivity index (χ1n) is 5.78. The number of aliphatic hydroxyl groups excluding tert-OH is 1. The predicted molar refractivity (Wildman–Crippen MR) is 70.2 cm³/mol. The molecule has 100 valence electrons. The summed E-state index contributed by atoms with van der Waals surface area (Å²) >= 11 is 0. The highest BCUT2D eigenvalue weighted by atomic mass is 16.5. The molecule has 0 aliphatic rings. The summed E-state index contributed by atoms with van der Waals surface area (Å²) < 4.78 is 4.74. The number of hydrogen-bond acceptors (Lipinski definition) is 5. The number of ether oxygens (including phenoxy) is 1. The molecule has 3 N–H and O–H groups in total. The molecular weight excluding hydrogens is 232 g/mol. The summed E-state index contributed by atoms with van der Waals surface area (Å²) in [5.41, 5.74) is 7.42. The molecule has 0 radical (unpaired) electrons. The van der Waals surface area contributed by atoms with Crippen LogP contribution in [0.5, 0.6) is 0 Å². The maximum absolute atomic E-state index is 11.7. The lowest BCUT2D eigenvalue weighted by Gasteiger charge is -2.24. The first-order valence-corrected chi connectivity index (χ1v) is 5.78. The second-order valence-corrected chi connectivity index (χ2v) is 4.32. The quantitative estimate of drug-likeness (QED) is 0.600. The fourth-order valence-corrected chi connectivity index (χ4v) is 1.67. The van der Waals surface area contributed by atoms with Crippen molar-refractivity contribution in [1.29, 1.82) is 0 Å². The van der Waals surface area contributed by atoms with Crippen molar-refractivity contribution in [2.75, 3.05) is 26.5 Å². The van der Waals surface area contributed by atoms with E-state index < -0.39 is 5.97 Å². The third-order valence-electron chi connectivity index (χ3n) is 3.01. The fourth-order valence-electron chi connectivity index (χ4n) is 1.67. The second kappa shape index (κ2) is 6.37. The van der Waals surface area contributed by atoms with E-state index in [1.54, 1.807) is 12.1 Å². The molecule has 0 aliphatic heterocycles. The maximum atomic E-state index is 11.7. The van der Waals surface area contributed by atoms with E-state index in [4.69, 9.17) is 15.6 Å². The molecule has 0 amide bonds. The number of hydrogen-bond donors (Lipinski definition) is 2. The molecule has 0 bridgehead atoms. The van der Waals surface area contributed by atoms with Crippen LogP contribution in [0.3, 0.4) is 0 Å². The predicted octanol–water partition coefficient (Wildman–Crippen LogP) is 0.868. The Kier molecular flexibility index (Phi) is 5.12. The number of benzene rings is 1. The van der Waals surface area contributed by atoms with Crippen LogP contribution in [0.1, 0.15) is 22.8 Å². The van der Waals surface area contributed by atoms with Crippen molar-refractivity contribution in [1.82, 2.24) is 4.90 Å². The summed E-state index contributed by atoms with van der Waals surface area (Å²) in [6, 6.07) is 5.32. The van der Waals surface area contributed by atoms with Crippen molar-refractivity contribution in [3.8, 4) is 0 Å². The van der Waals surface area contributed by atoms with Crippen molar-refractivity contribution in [2.24, 2.45) is 0 Å². The standard InChI is InChI=1S/C13H20N2O3/c1-9(8-16)15(2)7-10-5-4-6-11(14)12(10)13(17)18-3/h4-6,9,16H,7-8,14H2,1-3H3. The molecule has 1 rings (SSSR count). The number of methoxy groups -OCH3 is 1. The molecular formula is C13H20N2O3. The number of carbonyl (C=O) groups excluding carboxylic acids is 1. The largest absolute Gasteiger partial charge is 0.465 e. The Bertz CT molecular complexity index is 421. The zero-order valence-electron chi connectivity index (χ0n) is 11.0. The minimum atomic E-state index is -0.437. The molecule has 5 heteroatoms. The summed E-state index contributed by atoms with van der Waals surface area (Å²) in [6.07, 6.45) is 0. The van der Waals surface area contributed by atoms with Gasteiger partial charge in [-0.15, -0.1) is 0 Å². The van der Waals surface area contributed by atoms with Crippen LogP contribution >= 0.6 is 0 Å². The van der Waals surface area contributed by atoms with E-state index in [2.05, 4.69) is 0 Å². The summed E-state index contributed by atoms with van der Waals surface area (Å²) in [5.74, 6) is -0.437. The van der Waals surface area contributed by atoms with Crippen molar-refractivity contribution in [3.05, 3.63) is 29.3 Å². The molecule has 0 heterocycles. The highest BCUT2D eigenvalue weighted by molar-refractivity contribution is 5.96. The lowest BCUT2D eigenvalue weighted by atomic mass is 10.0. The van der Waals surface area contributed by atoms with Gasteiger partial charge in [-0.3, -0.25) is 4.90 Å². The Morgan fingerprint density at radius 2 is 2.22 bits per heavy atom. The van der Waals surface area contributed by atoms with E-state index in [9.17, 15) is 4.79 Å². The molecule has 1 aromatic rings. The van der Waals surface area contributed by atoms with Gasteiger partial charge in [-0.25, -0.2) is 4.79 Å². The molecule has 1 aromatic carbocycles. The summed E-state index contributed by atoms with van der Waals surface area (Å²) in [7, 11) is 3.21. The lowest BCUT2D eigenvalue weighted by Crippen LogP contribution is -2.32. The number of esters is 1. The number of anilines is 1. The van der Waals surface area contributed by atoms with Gasteiger partial charge >= 0.3 is 5.97 Å².